The quantitative estimate of drug-likeness (QED) is 0.759. The van der Waals surface area contributed by atoms with Crippen molar-refractivity contribution in [2.45, 2.75) is 0 Å². The van der Waals surface area contributed by atoms with Gasteiger partial charge >= 0.3 is 0 Å². The van der Waals surface area contributed by atoms with Crippen molar-refractivity contribution in [3.63, 3.8) is 0 Å². The van der Waals surface area contributed by atoms with Gasteiger partial charge in [0.2, 0.25) is 0 Å². The van der Waals surface area contributed by atoms with E-state index in [0.717, 1.165) is 0 Å². The van der Waals surface area contributed by atoms with Crippen molar-refractivity contribution in [3.05, 3.63) is 47.0 Å². The molecule has 0 saturated heterocycles. The number of anilines is 2. The number of nitrogens with one attached hydrogen (secondary N) is 1. The average molecular weight is 293 g/mol. The van der Waals surface area contributed by atoms with Crippen molar-refractivity contribution >= 4 is 28.9 Å². The number of aromatic hydroxyl groups is 1. The zero-order valence-corrected chi connectivity index (χ0v) is 11.4. The highest BCUT2D eigenvalue weighted by atomic mass is 35.5. The Balaban J connectivity index is 2.31. The summed E-state index contributed by atoms with van der Waals surface area (Å²) in [7, 11) is 1.41. The van der Waals surface area contributed by atoms with E-state index >= 15 is 0 Å². The Kier molecular flexibility index (Phi) is 4.00. The van der Waals surface area contributed by atoms with Crippen LogP contribution in [0.2, 0.25) is 5.02 Å². The fourth-order valence-electron chi connectivity index (χ4n) is 1.70. The van der Waals surface area contributed by atoms with Crippen molar-refractivity contribution in [3.8, 4) is 11.5 Å². The van der Waals surface area contributed by atoms with Gasteiger partial charge in [-0.2, -0.15) is 0 Å². The van der Waals surface area contributed by atoms with E-state index in [1.807, 2.05) is 0 Å². The van der Waals surface area contributed by atoms with Gasteiger partial charge in [-0.25, -0.2) is 0 Å². The Hall–Kier alpha value is -2.40. The smallest absolute Gasteiger partial charge is 0.259 e. The first-order valence-corrected chi connectivity index (χ1v) is 6.13. The molecule has 0 spiro atoms. The first kappa shape index (κ1) is 14.0. The number of carbonyl (C=O) groups is 1. The molecule has 0 aromatic heterocycles. The number of rotatable bonds is 3. The van der Waals surface area contributed by atoms with Crippen LogP contribution in [0.5, 0.6) is 11.5 Å². The number of amides is 1. The van der Waals surface area contributed by atoms with Gasteiger partial charge in [-0.15, -0.1) is 0 Å². The zero-order valence-electron chi connectivity index (χ0n) is 10.7. The summed E-state index contributed by atoms with van der Waals surface area (Å²) in [4.78, 5) is 12.1. The number of hydrogen-bond acceptors (Lipinski definition) is 4. The van der Waals surface area contributed by atoms with Crippen LogP contribution in [-0.2, 0) is 0 Å². The van der Waals surface area contributed by atoms with E-state index in [9.17, 15) is 9.90 Å². The molecule has 0 saturated carbocycles. The summed E-state index contributed by atoms with van der Waals surface area (Å²) in [5, 5.41) is 12.9. The summed E-state index contributed by atoms with van der Waals surface area (Å²) in [6, 6.07) is 9.39. The van der Waals surface area contributed by atoms with E-state index in [1.165, 1.54) is 19.2 Å². The SMILES string of the molecule is COc1cccc(C(=O)Nc2cc(N)ccc2Cl)c1O. The maximum absolute atomic E-state index is 12.1. The van der Waals surface area contributed by atoms with E-state index < -0.39 is 5.91 Å². The lowest BCUT2D eigenvalue weighted by Crippen LogP contribution is -2.13. The minimum Gasteiger partial charge on any atom is -0.504 e. The summed E-state index contributed by atoms with van der Waals surface area (Å²) < 4.78 is 4.95. The van der Waals surface area contributed by atoms with Crippen molar-refractivity contribution in [1.29, 1.82) is 0 Å². The number of para-hydroxylation sites is 1. The normalized spacial score (nSPS) is 10.1. The van der Waals surface area contributed by atoms with E-state index in [1.54, 1.807) is 24.3 Å². The highest BCUT2D eigenvalue weighted by molar-refractivity contribution is 6.34. The van der Waals surface area contributed by atoms with Crippen LogP contribution >= 0.6 is 11.6 Å². The van der Waals surface area contributed by atoms with Crippen LogP contribution in [-0.4, -0.2) is 18.1 Å². The number of halogens is 1. The predicted octanol–water partition coefficient (Wildman–Crippen LogP) is 2.89. The number of phenols is 1. The van der Waals surface area contributed by atoms with Gasteiger partial charge in [-0.1, -0.05) is 17.7 Å². The third-order valence-corrected chi connectivity index (χ3v) is 3.03. The summed E-state index contributed by atoms with van der Waals surface area (Å²) in [6.07, 6.45) is 0. The summed E-state index contributed by atoms with van der Waals surface area (Å²) in [6.45, 7) is 0. The van der Waals surface area contributed by atoms with Gasteiger partial charge in [0.15, 0.2) is 11.5 Å². The monoisotopic (exact) mass is 292 g/mol. The molecule has 20 heavy (non-hydrogen) atoms. The number of methoxy groups -OCH3 is 1. The lowest BCUT2D eigenvalue weighted by atomic mass is 10.1. The summed E-state index contributed by atoms with van der Waals surface area (Å²) in [5.41, 5.74) is 6.57. The summed E-state index contributed by atoms with van der Waals surface area (Å²) in [5.74, 6) is -0.516. The van der Waals surface area contributed by atoms with Gasteiger partial charge < -0.3 is 20.9 Å². The minimum absolute atomic E-state index is 0.0860. The molecule has 4 N–H and O–H groups in total. The number of carbonyl (C=O) groups excluding carboxylic acids is 1. The second-order valence-corrected chi connectivity index (χ2v) is 4.46. The summed E-state index contributed by atoms with van der Waals surface area (Å²) >= 11 is 5.97. The Morgan fingerprint density at radius 3 is 2.80 bits per heavy atom. The highest BCUT2D eigenvalue weighted by Crippen LogP contribution is 2.31. The van der Waals surface area contributed by atoms with E-state index in [2.05, 4.69) is 5.32 Å². The first-order valence-electron chi connectivity index (χ1n) is 5.75. The van der Waals surface area contributed by atoms with Crippen molar-refractivity contribution in [1.82, 2.24) is 0 Å². The molecule has 0 aliphatic rings. The maximum Gasteiger partial charge on any atom is 0.259 e. The standard InChI is InChI=1S/C14H13ClN2O3/c1-20-12-4-2-3-9(13(12)18)14(19)17-11-7-8(16)5-6-10(11)15/h2-7,18H,16H2,1H3,(H,17,19). The molecule has 6 heteroatoms. The number of phenolic OH excluding ortho intramolecular Hbond substituents is 1. The molecule has 0 aliphatic carbocycles. The van der Waals surface area contributed by atoms with Crippen LogP contribution in [0.3, 0.4) is 0 Å². The minimum atomic E-state index is -0.506. The fourth-order valence-corrected chi connectivity index (χ4v) is 1.86. The molecule has 0 heterocycles. The Bertz CT molecular complexity index is 659. The second-order valence-electron chi connectivity index (χ2n) is 4.05. The molecule has 2 aromatic carbocycles. The van der Waals surface area contributed by atoms with Crippen LogP contribution in [0, 0.1) is 0 Å². The third kappa shape index (κ3) is 2.78. The van der Waals surface area contributed by atoms with Gasteiger partial charge in [-0.05, 0) is 30.3 Å². The number of ether oxygens (including phenoxy) is 1. The molecule has 1 amide bonds. The van der Waals surface area contributed by atoms with Gasteiger partial charge in [0.1, 0.15) is 0 Å². The molecule has 104 valence electrons. The van der Waals surface area contributed by atoms with Gasteiger partial charge in [0, 0.05) is 5.69 Å². The predicted molar refractivity (Wildman–Crippen MR) is 78.5 cm³/mol. The van der Waals surface area contributed by atoms with Gasteiger partial charge in [-0.3, -0.25) is 4.79 Å². The van der Waals surface area contributed by atoms with Crippen LogP contribution in [0.4, 0.5) is 11.4 Å². The van der Waals surface area contributed by atoms with Crippen LogP contribution in [0.1, 0.15) is 10.4 Å². The Labute approximate surface area is 120 Å². The highest BCUT2D eigenvalue weighted by Gasteiger charge is 2.15. The topological polar surface area (TPSA) is 84.6 Å². The van der Waals surface area contributed by atoms with E-state index in [0.29, 0.717) is 16.4 Å². The molecule has 0 unspecified atom stereocenters. The maximum atomic E-state index is 12.1. The molecule has 5 nitrogen and oxygen atoms in total. The van der Waals surface area contributed by atoms with Crippen molar-refractivity contribution in [2.24, 2.45) is 0 Å². The van der Waals surface area contributed by atoms with Crippen molar-refractivity contribution in [2.75, 3.05) is 18.2 Å². The first-order chi connectivity index (χ1) is 9.52. The van der Waals surface area contributed by atoms with E-state index in [-0.39, 0.29) is 17.1 Å². The van der Waals surface area contributed by atoms with Gasteiger partial charge in [0.05, 0.1) is 23.4 Å². The largest absolute Gasteiger partial charge is 0.504 e. The molecule has 0 aliphatic heterocycles. The average Bonchev–Trinajstić information content (AvgIpc) is 2.43. The number of hydrogen-bond donors (Lipinski definition) is 3. The van der Waals surface area contributed by atoms with Crippen molar-refractivity contribution < 1.29 is 14.6 Å². The molecule has 2 rings (SSSR count). The number of nitrogen functional groups attached to an aromatic ring is 1. The number of nitrogens with two attached hydrogens (primary N) is 1. The van der Waals surface area contributed by atoms with Gasteiger partial charge in [0.25, 0.3) is 5.91 Å². The fraction of sp³-hybridized carbons (Fsp3) is 0.0714. The Morgan fingerprint density at radius 2 is 2.10 bits per heavy atom. The van der Waals surface area contributed by atoms with Crippen LogP contribution in [0.25, 0.3) is 0 Å². The molecular formula is C14H13ClN2O3. The molecule has 0 atom stereocenters. The lowest BCUT2D eigenvalue weighted by Gasteiger charge is -2.11. The van der Waals surface area contributed by atoms with E-state index in [4.69, 9.17) is 22.1 Å². The molecule has 0 bridgehead atoms. The molecule has 0 radical (unpaired) electrons. The molecule has 0 fully saturated rings. The number of benzene rings is 2. The van der Waals surface area contributed by atoms with Crippen LogP contribution < -0.4 is 15.8 Å². The molecular weight excluding hydrogens is 280 g/mol. The van der Waals surface area contributed by atoms with Crippen LogP contribution in [0.15, 0.2) is 36.4 Å². The Morgan fingerprint density at radius 1 is 1.35 bits per heavy atom. The molecule has 2 aromatic rings. The second kappa shape index (κ2) is 5.71. The zero-order chi connectivity index (χ0) is 14.7. The lowest BCUT2D eigenvalue weighted by molar-refractivity contribution is 0.102. The third-order valence-electron chi connectivity index (χ3n) is 2.70.